The Bertz CT molecular complexity index is 267. The zero-order valence-electron chi connectivity index (χ0n) is 5.73. The van der Waals surface area contributed by atoms with E-state index in [1.54, 1.807) is 0 Å². The highest BCUT2D eigenvalue weighted by Gasteiger charge is 2.45. The van der Waals surface area contributed by atoms with Gasteiger partial charge in [0.1, 0.15) is 6.26 Å². The molecule has 2 unspecified atom stereocenters. The Morgan fingerprint density at radius 3 is 3.09 bits per heavy atom. The van der Waals surface area contributed by atoms with Crippen LogP contribution in [0.25, 0.3) is 0 Å². The molecular formula is C7H7NO3. The Hall–Kier alpha value is -1.32. The van der Waals surface area contributed by atoms with Crippen LogP contribution in [0.1, 0.15) is 18.0 Å². The summed E-state index contributed by atoms with van der Waals surface area (Å²) in [7, 11) is 0. The number of rotatable bonds is 2. The Labute approximate surface area is 62.9 Å². The molecule has 0 bridgehead atoms. The van der Waals surface area contributed by atoms with Gasteiger partial charge in [-0.1, -0.05) is 0 Å². The lowest BCUT2D eigenvalue weighted by atomic mass is 10.2. The van der Waals surface area contributed by atoms with Gasteiger partial charge in [-0.15, -0.1) is 0 Å². The molecule has 4 heteroatoms. The molecule has 1 N–H and O–H groups in total. The van der Waals surface area contributed by atoms with E-state index >= 15 is 0 Å². The molecule has 4 nitrogen and oxygen atoms in total. The van der Waals surface area contributed by atoms with Gasteiger partial charge in [0.05, 0.1) is 11.6 Å². The van der Waals surface area contributed by atoms with Crippen LogP contribution >= 0.6 is 0 Å². The minimum atomic E-state index is -0.738. The summed E-state index contributed by atoms with van der Waals surface area (Å²) in [5, 5.41) is 8.56. The molecule has 0 amide bonds. The summed E-state index contributed by atoms with van der Waals surface area (Å²) >= 11 is 0. The molecule has 2 atom stereocenters. The maximum Gasteiger partial charge on any atom is 0.307 e. The third-order valence-electron chi connectivity index (χ3n) is 1.94. The molecule has 0 saturated heterocycles. The van der Waals surface area contributed by atoms with Crippen LogP contribution in [-0.4, -0.2) is 16.1 Å². The van der Waals surface area contributed by atoms with Crippen molar-refractivity contribution in [2.75, 3.05) is 0 Å². The molecule has 0 spiro atoms. The summed E-state index contributed by atoms with van der Waals surface area (Å²) in [5.74, 6) is -0.885. The summed E-state index contributed by atoms with van der Waals surface area (Å²) in [5.41, 5.74) is 0.761. The Morgan fingerprint density at radius 2 is 2.64 bits per heavy atom. The van der Waals surface area contributed by atoms with E-state index in [1.165, 1.54) is 12.7 Å². The normalized spacial score (nSPS) is 28.4. The number of hydrogen-bond donors (Lipinski definition) is 1. The summed E-state index contributed by atoms with van der Waals surface area (Å²) in [6, 6.07) is 0. The molecule has 1 aromatic rings. The Balaban J connectivity index is 2.08. The molecule has 1 heterocycles. The van der Waals surface area contributed by atoms with E-state index in [-0.39, 0.29) is 11.8 Å². The lowest BCUT2D eigenvalue weighted by Crippen LogP contribution is -1.98. The van der Waals surface area contributed by atoms with Gasteiger partial charge in [-0.05, 0) is 6.42 Å². The lowest BCUT2D eigenvalue weighted by molar-refractivity contribution is -0.138. The van der Waals surface area contributed by atoms with E-state index in [0.717, 1.165) is 5.69 Å². The first kappa shape index (κ1) is 6.39. The van der Waals surface area contributed by atoms with Crippen LogP contribution in [-0.2, 0) is 4.79 Å². The highest BCUT2D eigenvalue weighted by Crippen LogP contribution is 2.46. The fraction of sp³-hybridized carbons (Fsp3) is 0.429. The van der Waals surface area contributed by atoms with Gasteiger partial charge in [-0.25, -0.2) is 4.98 Å². The first-order chi connectivity index (χ1) is 5.29. The molecule has 1 aliphatic rings. The number of nitrogens with zero attached hydrogens (tertiary/aromatic N) is 1. The number of aromatic nitrogens is 1. The molecular weight excluding hydrogens is 146 g/mol. The minimum Gasteiger partial charge on any atom is -0.481 e. The van der Waals surface area contributed by atoms with E-state index < -0.39 is 5.97 Å². The number of carbonyl (C=O) groups is 1. The highest BCUT2D eigenvalue weighted by molar-refractivity contribution is 5.74. The largest absolute Gasteiger partial charge is 0.481 e. The smallest absolute Gasteiger partial charge is 0.307 e. The number of carboxylic acids is 1. The van der Waals surface area contributed by atoms with Gasteiger partial charge < -0.3 is 9.52 Å². The maximum absolute atomic E-state index is 10.4. The van der Waals surface area contributed by atoms with Crippen LogP contribution < -0.4 is 0 Å². The number of oxazole rings is 1. The van der Waals surface area contributed by atoms with Crippen molar-refractivity contribution in [2.45, 2.75) is 12.3 Å². The van der Waals surface area contributed by atoms with E-state index in [4.69, 9.17) is 9.52 Å². The van der Waals surface area contributed by atoms with Crippen molar-refractivity contribution in [3.8, 4) is 0 Å². The third-order valence-corrected chi connectivity index (χ3v) is 1.94. The average Bonchev–Trinajstić information content (AvgIpc) is 2.60. The molecule has 1 aliphatic carbocycles. The third kappa shape index (κ3) is 1.00. The molecule has 58 valence electrons. The van der Waals surface area contributed by atoms with Crippen molar-refractivity contribution in [1.29, 1.82) is 0 Å². The molecule has 1 saturated carbocycles. The van der Waals surface area contributed by atoms with Crippen LogP contribution in [0.15, 0.2) is 17.1 Å². The maximum atomic E-state index is 10.4. The van der Waals surface area contributed by atoms with Crippen LogP contribution in [0.3, 0.4) is 0 Å². The molecule has 0 aliphatic heterocycles. The standard InChI is InChI=1S/C7H7NO3/c9-7(10)5-1-4(5)6-2-11-3-8-6/h2-5H,1H2,(H,9,10). The van der Waals surface area contributed by atoms with Gasteiger partial charge in [0.2, 0.25) is 0 Å². The van der Waals surface area contributed by atoms with Crippen molar-refractivity contribution >= 4 is 5.97 Å². The number of aliphatic carboxylic acids is 1. The molecule has 11 heavy (non-hydrogen) atoms. The van der Waals surface area contributed by atoms with Crippen molar-refractivity contribution in [3.63, 3.8) is 0 Å². The fourth-order valence-corrected chi connectivity index (χ4v) is 1.20. The molecule has 0 aromatic carbocycles. The van der Waals surface area contributed by atoms with Gasteiger partial charge in [0, 0.05) is 5.92 Å². The second-order valence-corrected chi connectivity index (χ2v) is 2.70. The Morgan fingerprint density at radius 1 is 1.82 bits per heavy atom. The second kappa shape index (κ2) is 2.08. The topological polar surface area (TPSA) is 63.3 Å². The first-order valence-corrected chi connectivity index (χ1v) is 3.40. The number of carboxylic acid groups (broad SMARTS) is 1. The fourth-order valence-electron chi connectivity index (χ4n) is 1.20. The van der Waals surface area contributed by atoms with E-state index in [2.05, 4.69) is 4.98 Å². The van der Waals surface area contributed by atoms with Gasteiger partial charge in [-0.3, -0.25) is 4.79 Å². The molecule has 1 fully saturated rings. The van der Waals surface area contributed by atoms with Gasteiger partial charge in [0.25, 0.3) is 0 Å². The highest BCUT2D eigenvalue weighted by atomic mass is 16.4. The van der Waals surface area contributed by atoms with E-state index in [9.17, 15) is 4.79 Å². The van der Waals surface area contributed by atoms with Crippen LogP contribution in [0.2, 0.25) is 0 Å². The van der Waals surface area contributed by atoms with Crippen LogP contribution in [0, 0.1) is 5.92 Å². The van der Waals surface area contributed by atoms with E-state index in [0.29, 0.717) is 6.42 Å². The first-order valence-electron chi connectivity index (χ1n) is 3.40. The van der Waals surface area contributed by atoms with Crippen molar-refractivity contribution in [2.24, 2.45) is 5.92 Å². The van der Waals surface area contributed by atoms with Crippen molar-refractivity contribution in [1.82, 2.24) is 4.98 Å². The SMILES string of the molecule is O=C(O)C1CC1c1cocn1. The molecule has 2 rings (SSSR count). The quantitative estimate of drug-likeness (QED) is 0.684. The predicted molar refractivity (Wildman–Crippen MR) is 35.0 cm³/mol. The number of hydrogen-bond acceptors (Lipinski definition) is 3. The molecule has 0 radical (unpaired) electrons. The summed E-state index contributed by atoms with van der Waals surface area (Å²) in [6.07, 6.45) is 3.53. The minimum absolute atomic E-state index is 0.0891. The van der Waals surface area contributed by atoms with Crippen molar-refractivity contribution in [3.05, 3.63) is 18.4 Å². The monoisotopic (exact) mass is 153 g/mol. The zero-order valence-corrected chi connectivity index (χ0v) is 5.73. The van der Waals surface area contributed by atoms with Crippen LogP contribution in [0.5, 0.6) is 0 Å². The van der Waals surface area contributed by atoms with Gasteiger partial charge in [-0.2, -0.15) is 0 Å². The summed E-state index contributed by atoms with van der Waals surface area (Å²) in [6.45, 7) is 0. The Kier molecular flexibility index (Phi) is 1.21. The predicted octanol–water partition coefficient (Wildman–Crippen LogP) is 0.863. The lowest BCUT2D eigenvalue weighted by Gasteiger charge is -1.86. The van der Waals surface area contributed by atoms with E-state index in [1.807, 2.05) is 0 Å². The second-order valence-electron chi connectivity index (χ2n) is 2.70. The van der Waals surface area contributed by atoms with Gasteiger partial charge in [0.15, 0.2) is 6.39 Å². The summed E-state index contributed by atoms with van der Waals surface area (Å²) < 4.78 is 4.74. The summed E-state index contributed by atoms with van der Waals surface area (Å²) in [4.78, 5) is 14.3. The molecule has 1 aromatic heterocycles. The van der Waals surface area contributed by atoms with Crippen molar-refractivity contribution < 1.29 is 14.3 Å². The van der Waals surface area contributed by atoms with Gasteiger partial charge >= 0.3 is 5.97 Å². The van der Waals surface area contributed by atoms with Crippen LogP contribution in [0.4, 0.5) is 0 Å². The average molecular weight is 153 g/mol. The zero-order chi connectivity index (χ0) is 7.84.